The van der Waals surface area contributed by atoms with Crippen LogP contribution in [0.25, 0.3) is 0 Å². The lowest BCUT2D eigenvalue weighted by Gasteiger charge is -2.33. The van der Waals surface area contributed by atoms with Crippen LogP contribution in [0, 0.1) is 0 Å². The van der Waals surface area contributed by atoms with Gasteiger partial charge < -0.3 is 15.0 Å². The van der Waals surface area contributed by atoms with Crippen LogP contribution in [0.3, 0.4) is 0 Å². The number of carbonyl (C=O) groups excluding carboxylic acids is 1. The van der Waals surface area contributed by atoms with Gasteiger partial charge in [0.15, 0.2) is 6.61 Å². The summed E-state index contributed by atoms with van der Waals surface area (Å²) in [7, 11) is 0. The van der Waals surface area contributed by atoms with Gasteiger partial charge >= 0.3 is 0 Å². The quantitative estimate of drug-likeness (QED) is 0.893. The Labute approximate surface area is 114 Å². The molecule has 1 heterocycles. The van der Waals surface area contributed by atoms with Gasteiger partial charge in [-0.15, -0.1) is 0 Å². The predicted molar refractivity (Wildman–Crippen MR) is 75.4 cm³/mol. The van der Waals surface area contributed by atoms with Crippen molar-refractivity contribution in [3.8, 4) is 5.75 Å². The molecule has 0 bridgehead atoms. The first-order valence-corrected chi connectivity index (χ1v) is 6.93. The lowest BCUT2D eigenvalue weighted by Crippen LogP contribution is -2.53. The monoisotopic (exact) mass is 262 g/mol. The van der Waals surface area contributed by atoms with Gasteiger partial charge in [0.25, 0.3) is 5.91 Å². The maximum Gasteiger partial charge on any atom is 0.260 e. The van der Waals surface area contributed by atoms with Crippen LogP contribution >= 0.6 is 0 Å². The molecule has 4 nitrogen and oxygen atoms in total. The first-order valence-electron chi connectivity index (χ1n) is 6.93. The molecule has 104 valence electrons. The van der Waals surface area contributed by atoms with Crippen LogP contribution in [0.2, 0.25) is 0 Å². The van der Waals surface area contributed by atoms with Crippen molar-refractivity contribution < 1.29 is 9.53 Å². The molecule has 1 amide bonds. The van der Waals surface area contributed by atoms with Crippen molar-refractivity contribution in [2.45, 2.75) is 26.3 Å². The van der Waals surface area contributed by atoms with Crippen molar-refractivity contribution in [2.75, 3.05) is 26.2 Å². The van der Waals surface area contributed by atoms with Crippen molar-refractivity contribution in [2.24, 2.45) is 0 Å². The second-order valence-corrected chi connectivity index (χ2v) is 4.89. The van der Waals surface area contributed by atoms with E-state index in [2.05, 4.69) is 19.2 Å². The number of amides is 1. The second kappa shape index (κ2) is 6.57. The lowest BCUT2D eigenvalue weighted by atomic mass is 10.1. The number of nitrogens with zero attached hydrogens (tertiary/aromatic N) is 1. The van der Waals surface area contributed by atoms with E-state index in [-0.39, 0.29) is 18.6 Å². The molecule has 1 aliphatic heterocycles. The van der Waals surface area contributed by atoms with Crippen LogP contribution in [-0.2, 0) is 11.2 Å². The Morgan fingerprint density at radius 1 is 1.47 bits per heavy atom. The zero-order valence-corrected chi connectivity index (χ0v) is 11.7. The highest BCUT2D eigenvalue weighted by atomic mass is 16.5. The smallest absolute Gasteiger partial charge is 0.260 e. The minimum atomic E-state index is 0.0694. The van der Waals surface area contributed by atoms with Crippen molar-refractivity contribution in [3.05, 3.63) is 29.8 Å². The van der Waals surface area contributed by atoms with Gasteiger partial charge in [0.2, 0.25) is 0 Å². The van der Waals surface area contributed by atoms with Crippen molar-refractivity contribution >= 4 is 5.91 Å². The summed E-state index contributed by atoms with van der Waals surface area (Å²) in [5.41, 5.74) is 1.14. The number of rotatable bonds is 4. The molecule has 0 aromatic heterocycles. The fourth-order valence-corrected chi connectivity index (χ4v) is 2.37. The van der Waals surface area contributed by atoms with E-state index in [4.69, 9.17) is 4.74 Å². The number of benzene rings is 1. The predicted octanol–water partition coefficient (Wildman–Crippen LogP) is 1.45. The highest BCUT2D eigenvalue weighted by molar-refractivity contribution is 5.78. The van der Waals surface area contributed by atoms with Gasteiger partial charge in [-0.05, 0) is 25.0 Å². The fraction of sp³-hybridized carbons (Fsp3) is 0.533. The molecule has 1 aromatic carbocycles. The molecule has 0 unspecified atom stereocenters. The molecule has 1 aliphatic rings. The topological polar surface area (TPSA) is 41.6 Å². The minimum Gasteiger partial charge on any atom is -0.483 e. The largest absolute Gasteiger partial charge is 0.483 e. The number of aryl methyl sites for hydroxylation is 1. The molecule has 0 saturated carbocycles. The third-order valence-corrected chi connectivity index (χ3v) is 3.53. The average molecular weight is 262 g/mol. The molecule has 4 heteroatoms. The van der Waals surface area contributed by atoms with Crippen molar-refractivity contribution in [1.29, 1.82) is 0 Å². The highest BCUT2D eigenvalue weighted by Gasteiger charge is 2.23. The van der Waals surface area contributed by atoms with Gasteiger partial charge in [0, 0.05) is 25.7 Å². The molecule has 0 aliphatic carbocycles. The molecule has 1 fully saturated rings. The average Bonchev–Trinajstić information content (AvgIpc) is 2.45. The molecule has 1 atom stereocenters. The van der Waals surface area contributed by atoms with Crippen LogP contribution in [0.4, 0.5) is 0 Å². The van der Waals surface area contributed by atoms with E-state index >= 15 is 0 Å². The van der Waals surface area contributed by atoms with E-state index < -0.39 is 0 Å². The molecule has 1 saturated heterocycles. The molecule has 1 aromatic rings. The van der Waals surface area contributed by atoms with E-state index in [9.17, 15) is 4.79 Å². The number of hydrogen-bond acceptors (Lipinski definition) is 3. The Morgan fingerprint density at radius 3 is 3.00 bits per heavy atom. The minimum absolute atomic E-state index is 0.0694. The summed E-state index contributed by atoms with van der Waals surface area (Å²) in [6, 6.07) is 8.13. The van der Waals surface area contributed by atoms with Crippen LogP contribution in [-0.4, -0.2) is 43.1 Å². The standard InChI is InChI=1S/C15H22N2O2/c1-3-13-6-4-5-7-14(13)19-11-15(18)17-9-8-16-10-12(17)2/h4-7,12,16H,3,8-11H2,1-2H3/t12-/m1/s1. The van der Waals surface area contributed by atoms with E-state index in [1.54, 1.807) is 0 Å². The highest BCUT2D eigenvalue weighted by Crippen LogP contribution is 2.18. The van der Waals surface area contributed by atoms with E-state index in [0.717, 1.165) is 37.4 Å². The SMILES string of the molecule is CCc1ccccc1OCC(=O)N1CCNC[C@H]1C. The number of carbonyl (C=O) groups is 1. The molecule has 0 spiro atoms. The number of para-hydroxylation sites is 1. The fourth-order valence-electron chi connectivity index (χ4n) is 2.37. The summed E-state index contributed by atoms with van der Waals surface area (Å²) in [5, 5.41) is 3.28. The normalized spacial score (nSPS) is 19.3. The summed E-state index contributed by atoms with van der Waals surface area (Å²) >= 11 is 0. The van der Waals surface area contributed by atoms with E-state index in [0.29, 0.717) is 0 Å². The maximum atomic E-state index is 12.2. The summed E-state index contributed by atoms with van der Waals surface area (Å²) in [5.74, 6) is 0.890. The van der Waals surface area contributed by atoms with Gasteiger partial charge in [-0.3, -0.25) is 4.79 Å². The molecule has 19 heavy (non-hydrogen) atoms. The summed E-state index contributed by atoms with van der Waals surface area (Å²) in [6.07, 6.45) is 0.911. The maximum absolute atomic E-state index is 12.2. The molecular weight excluding hydrogens is 240 g/mol. The number of piperazine rings is 1. The summed E-state index contributed by atoms with van der Waals surface area (Å²) < 4.78 is 5.68. The lowest BCUT2D eigenvalue weighted by molar-refractivity contribution is -0.136. The summed E-state index contributed by atoms with van der Waals surface area (Å²) in [6.45, 7) is 6.76. The Balaban J connectivity index is 1.92. The van der Waals surface area contributed by atoms with Gasteiger partial charge in [-0.2, -0.15) is 0 Å². The van der Waals surface area contributed by atoms with E-state index in [1.165, 1.54) is 0 Å². The van der Waals surface area contributed by atoms with Crippen LogP contribution in [0.1, 0.15) is 19.4 Å². The Hall–Kier alpha value is -1.55. The van der Waals surface area contributed by atoms with Crippen molar-refractivity contribution in [1.82, 2.24) is 10.2 Å². The number of ether oxygens (including phenoxy) is 1. The first kappa shape index (κ1) is 13.9. The van der Waals surface area contributed by atoms with Gasteiger partial charge in [-0.25, -0.2) is 0 Å². The van der Waals surface area contributed by atoms with Crippen LogP contribution < -0.4 is 10.1 Å². The number of hydrogen-bond donors (Lipinski definition) is 1. The number of nitrogens with one attached hydrogen (secondary N) is 1. The Morgan fingerprint density at radius 2 is 2.26 bits per heavy atom. The van der Waals surface area contributed by atoms with Gasteiger partial charge in [-0.1, -0.05) is 25.1 Å². The molecule has 1 N–H and O–H groups in total. The molecule has 0 radical (unpaired) electrons. The van der Waals surface area contributed by atoms with Gasteiger partial charge in [0.05, 0.1) is 0 Å². The zero-order chi connectivity index (χ0) is 13.7. The van der Waals surface area contributed by atoms with Crippen LogP contribution in [0.15, 0.2) is 24.3 Å². The third kappa shape index (κ3) is 3.47. The van der Waals surface area contributed by atoms with Crippen molar-refractivity contribution in [3.63, 3.8) is 0 Å². The van der Waals surface area contributed by atoms with E-state index in [1.807, 2.05) is 29.2 Å². The van der Waals surface area contributed by atoms with Gasteiger partial charge in [0.1, 0.15) is 5.75 Å². The Bertz CT molecular complexity index is 434. The zero-order valence-electron chi connectivity index (χ0n) is 11.7. The Kier molecular flexibility index (Phi) is 4.80. The molecule has 2 rings (SSSR count). The first-order chi connectivity index (χ1) is 9.22. The molecular formula is C15H22N2O2. The summed E-state index contributed by atoms with van der Waals surface area (Å²) in [4.78, 5) is 14.0. The van der Waals surface area contributed by atoms with Crippen LogP contribution in [0.5, 0.6) is 5.75 Å². The second-order valence-electron chi connectivity index (χ2n) is 4.89. The third-order valence-electron chi connectivity index (χ3n) is 3.53.